The minimum Gasteiger partial charge on any atom is -0.478 e. The Bertz CT molecular complexity index is 603. The Labute approximate surface area is 121 Å². The highest BCUT2D eigenvalue weighted by Crippen LogP contribution is 2.24. The van der Waals surface area contributed by atoms with E-state index >= 15 is 0 Å². The Kier molecular flexibility index (Phi) is 6.09. The summed E-state index contributed by atoms with van der Waals surface area (Å²) in [5, 5.41) is 18.7. The number of thiophene rings is 1. The molecule has 0 saturated heterocycles. The van der Waals surface area contributed by atoms with Crippen LogP contribution in [-0.2, 0) is 14.8 Å². The van der Waals surface area contributed by atoms with Gasteiger partial charge < -0.3 is 9.84 Å². The van der Waals surface area contributed by atoms with E-state index in [1.807, 2.05) is 6.07 Å². The maximum absolute atomic E-state index is 12.4. The lowest BCUT2D eigenvalue weighted by atomic mass is 10.4. The van der Waals surface area contributed by atoms with Crippen molar-refractivity contribution in [2.45, 2.75) is 10.6 Å². The summed E-state index contributed by atoms with van der Waals surface area (Å²) in [4.78, 5) is 10.8. The third kappa shape index (κ3) is 4.01. The molecule has 0 saturated carbocycles. The molecule has 0 atom stereocenters. The average Bonchev–Trinajstić information content (AvgIpc) is 2.89. The summed E-state index contributed by atoms with van der Waals surface area (Å²) in [7, 11) is -2.35. The lowest BCUT2D eigenvalue weighted by molar-refractivity contribution is 0.0697. The third-order valence-electron chi connectivity index (χ3n) is 2.43. The zero-order valence-corrected chi connectivity index (χ0v) is 12.4. The van der Waals surface area contributed by atoms with Gasteiger partial charge in [0, 0.05) is 32.0 Å². The number of nitrogens with zero attached hydrogens (tertiary/aromatic N) is 2. The van der Waals surface area contributed by atoms with Crippen LogP contribution >= 0.6 is 11.3 Å². The van der Waals surface area contributed by atoms with E-state index in [-0.39, 0.29) is 35.9 Å². The molecule has 1 rings (SSSR count). The van der Waals surface area contributed by atoms with E-state index in [1.54, 1.807) is 0 Å². The van der Waals surface area contributed by atoms with Crippen LogP contribution in [0.25, 0.3) is 0 Å². The van der Waals surface area contributed by atoms with Crippen molar-refractivity contribution in [2.75, 3.05) is 26.8 Å². The quantitative estimate of drug-likeness (QED) is 0.766. The summed E-state index contributed by atoms with van der Waals surface area (Å²) in [6.45, 7) is 0.352. The Morgan fingerprint density at radius 1 is 1.55 bits per heavy atom. The number of sulfonamides is 1. The first kappa shape index (κ1) is 16.6. The lowest BCUT2D eigenvalue weighted by Gasteiger charge is -2.19. The predicted octanol–water partition coefficient (Wildman–Crippen LogP) is 0.997. The summed E-state index contributed by atoms with van der Waals surface area (Å²) in [6, 6.07) is 3.00. The van der Waals surface area contributed by atoms with Gasteiger partial charge in [-0.25, -0.2) is 13.2 Å². The van der Waals surface area contributed by atoms with Crippen molar-refractivity contribution in [1.29, 1.82) is 5.26 Å². The molecule has 1 aromatic heterocycles. The van der Waals surface area contributed by atoms with E-state index in [0.717, 1.165) is 21.7 Å². The number of carboxylic acid groups (broad SMARTS) is 1. The second kappa shape index (κ2) is 7.35. The average molecular weight is 318 g/mol. The fourth-order valence-electron chi connectivity index (χ4n) is 1.41. The zero-order chi connectivity index (χ0) is 15.2. The van der Waals surface area contributed by atoms with E-state index < -0.39 is 16.0 Å². The molecule has 9 heteroatoms. The second-order valence-electron chi connectivity index (χ2n) is 3.76. The van der Waals surface area contributed by atoms with Crippen LogP contribution in [0.4, 0.5) is 0 Å². The normalized spacial score (nSPS) is 11.4. The maximum Gasteiger partial charge on any atom is 0.336 e. The number of rotatable bonds is 8. The lowest BCUT2D eigenvalue weighted by Crippen LogP contribution is -2.34. The van der Waals surface area contributed by atoms with Gasteiger partial charge in [0.2, 0.25) is 0 Å². The highest BCUT2D eigenvalue weighted by Gasteiger charge is 2.26. The summed E-state index contributed by atoms with van der Waals surface area (Å²) in [6.07, 6.45) is 0.0557. The first-order chi connectivity index (χ1) is 9.43. The van der Waals surface area contributed by atoms with Crippen molar-refractivity contribution in [2.24, 2.45) is 0 Å². The molecular weight excluding hydrogens is 304 g/mol. The first-order valence-corrected chi connectivity index (χ1v) is 7.93. The van der Waals surface area contributed by atoms with Crippen LogP contribution in [0.3, 0.4) is 0 Å². The van der Waals surface area contributed by atoms with Gasteiger partial charge in [0.25, 0.3) is 10.0 Å². The van der Waals surface area contributed by atoms with Gasteiger partial charge in [0.1, 0.15) is 4.21 Å². The van der Waals surface area contributed by atoms with Crippen molar-refractivity contribution < 1.29 is 23.1 Å². The van der Waals surface area contributed by atoms with Crippen LogP contribution in [0.5, 0.6) is 0 Å². The molecule has 1 aromatic rings. The minimum atomic E-state index is -3.80. The summed E-state index contributed by atoms with van der Waals surface area (Å²) < 4.78 is 30.6. The number of aromatic carboxylic acids is 1. The summed E-state index contributed by atoms with van der Waals surface area (Å²) in [5.41, 5.74) is -0.0689. The standard InChI is InChI=1S/C11H14N2O5S2/c1-18-6-5-13(4-2-3-12)20(16,17)10-7-9(8-19-10)11(14)15/h7-8H,2,4-6H2,1H3,(H,14,15). The SMILES string of the molecule is COCCN(CCC#N)S(=O)(=O)c1cc(C(=O)O)cs1. The molecule has 1 heterocycles. The highest BCUT2D eigenvalue weighted by molar-refractivity contribution is 7.91. The monoisotopic (exact) mass is 318 g/mol. The Balaban J connectivity index is 3.01. The molecule has 0 fully saturated rings. The predicted molar refractivity (Wildman–Crippen MR) is 72.1 cm³/mol. The zero-order valence-electron chi connectivity index (χ0n) is 10.8. The maximum atomic E-state index is 12.4. The van der Waals surface area contributed by atoms with Gasteiger partial charge in [-0.2, -0.15) is 9.57 Å². The van der Waals surface area contributed by atoms with Crippen molar-refractivity contribution in [3.63, 3.8) is 0 Å². The molecule has 0 spiro atoms. The van der Waals surface area contributed by atoms with E-state index in [1.165, 1.54) is 12.5 Å². The Morgan fingerprint density at radius 2 is 2.25 bits per heavy atom. The first-order valence-electron chi connectivity index (χ1n) is 5.61. The van der Waals surface area contributed by atoms with Gasteiger partial charge in [0.15, 0.2) is 0 Å². The molecule has 0 aliphatic heterocycles. The molecule has 0 radical (unpaired) electrons. The van der Waals surface area contributed by atoms with Gasteiger partial charge in [-0.1, -0.05) is 0 Å². The van der Waals surface area contributed by atoms with E-state index in [2.05, 4.69) is 0 Å². The minimum absolute atomic E-state index is 0.0441. The van der Waals surface area contributed by atoms with Crippen molar-refractivity contribution in [3.05, 3.63) is 17.0 Å². The molecule has 20 heavy (non-hydrogen) atoms. The number of carbonyl (C=O) groups is 1. The van der Waals surface area contributed by atoms with Crippen LogP contribution in [0.2, 0.25) is 0 Å². The van der Waals surface area contributed by atoms with Crippen molar-refractivity contribution >= 4 is 27.3 Å². The molecule has 7 nitrogen and oxygen atoms in total. The number of ether oxygens (including phenoxy) is 1. The van der Waals surface area contributed by atoms with Gasteiger partial charge >= 0.3 is 5.97 Å². The highest BCUT2D eigenvalue weighted by atomic mass is 32.2. The van der Waals surface area contributed by atoms with Gasteiger partial charge in [-0.15, -0.1) is 11.3 Å². The topological polar surface area (TPSA) is 108 Å². The molecule has 0 aliphatic carbocycles. The van der Waals surface area contributed by atoms with Gasteiger partial charge in [-0.05, 0) is 6.07 Å². The molecular formula is C11H14N2O5S2. The number of hydrogen-bond donors (Lipinski definition) is 1. The van der Waals surface area contributed by atoms with Crippen LogP contribution in [0.15, 0.2) is 15.7 Å². The fraction of sp³-hybridized carbons (Fsp3) is 0.455. The molecule has 0 unspecified atom stereocenters. The van der Waals surface area contributed by atoms with E-state index in [0.29, 0.717) is 0 Å². The number of carboxylic acids is 1. The molecule has 0 bridgehead atoms. The van der Waals surface area contributed by atoms with Crippen LogP contribution in [0, 0.1) is 11.3 Å². The molecule has 1 N–H and O–H groups in total. The van der Waals surface area contributed by atoms with Gasteiger partial charge in [-0.3, -0.25) is 0 Å². The van der Waals surface area contributed by atoms with Crippen LogP contribution < -0.4 is 0 Å². The van der Waals surface area contributed by atoms with Crippen LogP contribution in [-0.4, -0.2) is 50.6 Å². The van der Waals surface area contributed by atoms with E-state index in [9.17, 15) is 13.2 Å². The van der Waals surface area contributed by atoms with Crippen LogP contribution in [0.1, 0.15) is 16.8 Å². The second-order valence-corrected chi connectivity index (χ2v) is 6.84. The Hall–Kier alpha value is -1.47. The summed E-state index contributed by atoms with van der Waals surface area (Å²) in [5.74, 6) is -1.18. The van der Waals surface area contributed by atoms with E-state index in [4.69, 9.17) is 15.1 Å². The number of methoxy groups -OCH3 is 1. The summed E-state index contributed by atoms with van der Waals surface area (Å²) >= 11 is 0.846. The molecule has 0 amide bonds. The smallest absolute Gasteiger partial charge is 0.336 e. The van der Waals surface area contributed by atoms with Gasteiger partial charge in [0.05, 0.1) is 18.2 Å². The molecule has 0 aromatic carbocycles. The fourth-order valence-corrected chi connectivity index (χ4v) is 4.14. The largest absolute Gasteiger partial charge is 0.478 e. The molecule has 0 aliphatic rings. The van der Waals surface area contributed by atoms with Crippen molar-refractivity contribution in [3.8, 4) is 6.07 Å². The third-order valence-corrected chi connectivity index (χ3v) is 5.75. The number of nitriles is 1. The number of hydrogen-bond acceptors (Lipinski definition) is 6. The molecule has 110 valence electrons. The Morgan fingerprint density at radius 3 is 2.75 bits per heavy atom. The van der Waals surface area contributed by atoms with Crippen molar-refractivity contribution in [1.82, 2.24) is 4.31 Å².